The molecule has 1 fully saturated rings. The van der Waals surface area contributed by atoms with Crippen LogP contribution in [0.3, 0.4) is 0 Å². The summed E-state index contributed by atoms with van der Waals surface area (Å²) in [5, 5.41) is 11.5. The molecular formula is C23H37IN6O. The molecule has 172 valence electrons. The second-order valence-corrected chi connectivity index (χ2v) is 8.06. The van der Waals surface area contributed by atoms with Crippen molar-refractivity contribution >= 4 is 29.9 Å². The molecule has 1 saturated heterocycles. The smallest absolute Gasteiger partial charge is 0.191 e. The minimum Gasteiger partial charge on any atom is -0.379 e. The van der Waals surface area contributed by atoms with Crippen LogP contribution in [-0.2, 0) is 11.3 Å². The van der Waals surface area contributed by atoms with Crippen molar-refractivity contribution in [3.8, 4) is 5.69 Å². The number of aryl methyl sites for hydroxylation is 2. The first kappa shape index (κ1) is 25.6. The molecule has 1 aromatic carbocycles. The van der Waals surface area contributed by atoms with Crippen molar-refractivity contribution in [2.24, 2.45) is 10.9 Å². The van der Waals surface area contributed by atoms with Gasteiger partial charge in [-0.25, -0.2) is 9.67 Å². The number of morpholine rings is 1. The molecule has 0 spiro atoms. The molecular weight excluding hydrogens is 503 g/mol. The SMILES string of the molecule is CCNC(=NCc1ccccc1-n1nc(C)cc1C)NCC(C)CN1CCOCC1.I. The van der Waals surface area contributed by atoms with Gasteiger partial charge in [0.1, 0.15) is 0 Å². The van der Waals surface area contributed by atoms with Crippen molar-refractivity contribution in [1.29, 1.82) is 0 Å². The van der Waals surface area contributed by atoms with Crippen molar-refractivity contribution in [2.75, 3.05) is 45.9 Å². The van der Waals surface area contributed by atoms with E-state index >= 15 is 0 Å². The summed E-state index contributed by atoms with van der Waals surface area (Å²) in [4.78, 5) is 7.32. The number of rotatable bonds is 8. The van der Waals surface area contributed by atoms with E-state index in [-0.39, 0.29) is 24.0 Å². The summed E-state index contributed by atoms with van der Waals surface area (Å²) in [6.07, 6.45) is 0. The maximum absolute atomic E-state index is 5.44. The van der Waals surface area contributed by atoms with Crippen LogP contribution in [0.5, 0.6) is 0 Å². The number of nitrogens with one attached hydrogen (secondary N) is 2. The molecule has 0 amide bonds. The standard InChI is InChI=1S/C23H36N6O.HI/c1-5-24-23(25-15-18(2)17-28-10-12-30-13-11-28)26-16-21-8-6-7-9-22(21)29-20(4)14-19(3)27-29;/h6-9,14,18H,5,10-13,15-17H2,1-4H3,(H2,24,25,26);1H. The van der Waals surface area contributed by atoms with Gasteiger partial charge in [0.05, 0.1) is 31.1 Å². The fraction of sp³-hybridized carbons (Fsp3) is 0.565. The Morgan fingerprint density at radius 3 is 2.61 bits per heavy atom. The molecule has 1 unspecified atom stereocenters. The third kappa shape index (κ3) is 7.76. The molecule has 1 aliphatic rings. The Bertz CT molecular complexity index is 831. The van der Waals surface area contributed by atoms with Crippen LogP contribution >= 0.6 is 24.0 Å². The number of hydrogen-bond acceptors (Lipinski definition) is 4. The first-order valence-electron chi connectivity index (χ1n) is 11.0. The summed E-state index contributed by atoms with van der Waals surface area (Å²) >= 11 is 0. The third-order valence-electron chi connectivity index (χ3n) is 5.27. The lowest BCUT2D eigenvalue weighted by Gasteiger charge is -2.29. The van der Waals surface area contributed by atoms with Crippen LogP contribution in [0.4, 0.5) is 0 Å². The number of benzene rings is 1. The van der Waals surface area contributed by atoms with Crippen molar-refractivity contribution in [3.05, 3.63) is 47.3 Å². The van der Waals surface area contributed by atoms with Gasteiger partial charge in [0, 0.05) is 38.4 Å². The van der Waals surface area contributed by atoms with Gasteiger partial charge in [-0.3, -0.25) is 4.90 Å². The number of halogens is 1. The van der Waals surface area contributed by atoms with Gasteiger partial charge < -0.3 is 15.4 Å². The number of aliphatic imine (C=N–C) groups is 1. The highest BCUT2D eigenvalue weighted by atomic mass is 127. The summed E-state index contributed by atoms with van der Waals surface area (Å²) in [5.41, 5.74) is 4.40. The number of ether oxygens (including phenoxy) is 1. The Kier molecular flexibility index (Phi) is 10.8. The molecule has 0 saturated carbocycles. The molecule has 2 N–H and O–H groups in total. The number of hydrogen-bond donors (Lipinski definition) is 2. The molecule has 8 heteroatoms. The molecule has 1 atom stereocenters. The molecule has 31 heavy (non-hydrogen) atoms. The number of guanidine groups is 1. The van der Waals surface area contributed by atoms with Gasteiger partial charge in [0.25, 0.3) is 0 Å². The van der Waals surface area contributed by atoms with Gasteiger partial charge >= 0.3 is 0 Å². The minimum atomic E-state index is 0. The topological polar surface area (TPSA) is 66.7 Å². The van der Waals surface area contributed by atoms with Crippen LogP contribution in [0.1, 0.15) is 30.8 Å². The quantitative estimate of drug-likeness (QED) is 0.306. The van der Waals surface area contributed by atoms with E-state index < -0.39 is 0 Å². The molecule has 0 aliphatic carbocycles. The molecule has 2 aromatic rings. The van der Waals surface area contributed by atoms with Crippen molar-refractivity contribution in [3.63, 3.8) is 0 Å². The first-order valence-corrected chi connectivity index (χ1v) is 11.0. The van der Waals surface area contributed by atoms with E-state index in [9.17, 15) is 0 Å². The van der Waals surface area contributed by atoms with E-state index in [1.165, 1.54) is 0 Å². The van der Waals surface area contributed by atoms with Crippen molar-refractivity contribution in [1.82, 2.24) is 25.3 Å². The molecule has 0 bridgehead atoms. The van der Waals surface area contributed by atoms with Gasteiger partial charge in [-0.1, -0.05) is 25.1 Å². The molecule has 3 rings (SSSR count). The van der Waals surface area contributed by atoms with Crippen LogP contribution in [-0.4, -0.2) is 66.6 Å². The van der Waals surface area contributed by atoms with E-state index in [0.717, 1.165) is 74.5 Å². The summed E-state index contributed by atoms with van der Waals surface area (Å²) < 4.78 is 7.45. The second kappa shape index (κ2) is 13.0. The maximum atomic E-state index is 5.44. The van der Waals surface area contributed by atoms with E-state index in [0.29, 0.717) is 12.5 Å². The fourth-order valence-electron chi connectivity index (χ4n) is 3.79. The minimum absolute atomic E-state index is 0. The van der Waals surface area contributed by atoms with Crippen molar-refractivity contribution < 1.29 is 4.74 Å². The van der Waals surface area contributed by atoms with Gasteiger partial charge in [-0.2, -0.15) is 5.10 Å². The van der Waals surface area contributed by atoms with Gasteiger partial charge in [0.15, 0.2) is 5.96 Å². The first-order chi connectivity index (χ1) is 14.6. The van der Waals surface area contributed by atoms with Crippen LogP contribution < -0.4 is 10.6 Å². The lowest BCUT2D eigenvalue weighted by Crippen LogP contribution is -2.44. The lowest BCUT2D eigenvalue weighted by molar-refractivity contribution is 0.0320. The maximum Gasteiger partial charge on any atom is 0.191 e. The average Bonchev–Trinajstić information content (AvgIpc) is 3.09. The highest BCUT2D eigenvalue weighted by molar-refractivity contribution is 14.0. The highest BCUT2D eigenvalue weighted by Gasteiger charge is 2.14. The van der Waals surface area contributed by atoms with Crippen LogP contribution in [0, 0.1) is 19.8 Å². The Morgan fingerprint density at radius 2 is 1.94 bits per heavy atom. The molecule has 1 aliphatic heterocycles. The molecule has 7 nitrogen and oxygen atoms in total. The predicted molar refractivity (Wildman–Crippen MR) is 138 cm³/mol. The normalized spacial score (nSPS) is 15.9. The summed E-state index contributed by atoms with van der Waals surface area (Å²) in [6.45, 7) is 15.6. The number of nitrogens with zero attached hydrogens (tertiary/aromatic N) is 4. The van der Waals surface area contributed by atoms with Crippen LogP contribution in [0.2, 0.25) is 0 Å². The average molecular weight is 540 g/mol. The van der Waals surface area contributed by atoms with Gasteiger partial charge in [0.2, 0.25) is 0 Å². The zero-order chi connectivity index (χ0) is 21.3. The molecule has 1 aromatic heterocycles. The lowest BCUT2D eigenvalue weighted by atomic mass is 10.1. The molecule has 2 heterocycles. The van der Waals surface area contributed by atoms with Gasteiger partial charge in [-0.15, -0.1) is 24.0 Å². The second-order valence-electron chi connectivity index (χ2n) is 8.06. The van der Waals surface area contributed by atoms with E-state index in [2.05, 4.69) is 71.7 Å². The Hall–Kier alpha value is -1.65. The van der Waals surface area contributed by atoms with Gasteiger partial charge in [-0.05, 0) is 44.4 Å². The summed E-state index contributed by atoms with van der Waals surface area (Å²) in [7, 11) is 0. The zero-order valence-corrected chi connectivity index (χ0v) is 21.6. The monoisotopic (exact) mass is 540 g/mol. The summed E-state index contributed by atoms with van der Waals surface area (Å²) in [6, 6.07) is 10.4. The van der Waals surface area contributed by atoms with E-state index in [1.807, 2.05) is 11.6 Å². The van der Waals surface area contributed by atoms with Crippen LogP contribution in [0.25, 0.3) is 5.69 Å². The Morgan fingerprint density at radius 1 is 1.19 bits per heavy atom. The zero-order valence-electron chi connectivity index (χ0n) is 19.2. The Labute approximate surface area is 203 Å². The molecule has 0 radical (unpaired) electrons. The van der Waals surface area contributed by atoms with Crippen molar-refractivity contribution in [2.45, 2.75) is 34.2 Å². The van der Waals surface area contributed by atoms with E-state index in [4.69, 9.17) is 9.73 Å². The largest absolute Gasteiger partial charge is 0.379 e. The van der Waals surface area contributed by atoms with E-state index in [1.54, 1.807) is 0 Å². The third-order valence-corrected chi connectivity index (χ3v) is 5.27. The number of para-hydroxylation sites is 1. The van der Waals surface area contributed by atoms with Crippen LogP contribution in [0.15, 0.2) is 35.3 Å². The number of aromatic nitrogens is 2. The predicted octanol–water partition coefficient (Wildman–Crippen LogP) is 3.13. The fourth-order valence-corrected chi connectivity index (χ4v) is 3.79. The Balaban J connectivity index is 0.00000341. The highest BCUT2D eigenvalue weighted by Crippen LogP contribution is 2.17. The summed E-state index contributed by atoms with van der Waals surface area (Å²) in [5.74, 6) is 1.39.